The molecule has 0 saturated heterocycles. The van der Waals surface area contributed by atoms with Gasteiger partial charge in [0.1, 0.15) is 24.5 Å². The number of carbonyl (C=O) groups is 1. The maximum atomic E-state index is 12.3. The monoisotopic (exact) mass is 601 g/mol. The second-order valence-corrected chi connectivity index (χ2v) is 11.2. The molecule has 0 aliphatic heterocycles. The van der Waals surface area contributed by atoms with Gasteiger partial charge in [-0.15, -0.1) is 0 Å². The maximum Gasteiger partial charge on any atom is 0.329 e. The van der Waals surface area contributed by atoms with E-state index in [1.54, 1.807) is 63.5 Å². The number of carbonyl (C=O) groups excluding carboxylic acids is 1. The number of halogens is 3. The molecule has 0 aliphatic rings. The second kappa shape index (κ2) is 15.9. The van der Waals surface area contributed by atoms with E-state index in [1.807, 2.05) is 31.2 Å². The van der Waals surface area contributed by atoms with Crippen molar-refractivity contribution in [2.45, 2.75) is 24.9 Å². The van der Waals surface area contributed by atoms with E-state index < -0.39 is 0 Å². The highest BCUT2D eigenvalue weighted by Crippen LogP contribution is 2.35. The summed E-state index contributed by atoms with van der Waals surface area (Å²) in [6.07, 6.45) is 8.88. The molecule has 7 nitrogen and oxygen atoms in total. The molecule has 0 spiro atoms. The summed E-state index contributed by atoms with van der Waals surface area (Å²) in [6.45, 7) is 3.28. The number of hydrogen-bond donors (Lipinski definition) is 0. The van der Waals surface area contributed by atoms with E-state index in [-0.39, 0.29) is 12.6 Å². The lowest BCUT2D eigenvalue weighted by Crippen LogP contribution is -2.37. The Morgan fingerprint density at radius 2 is 1.65 bits per heavy atom. The van der Waals surface area contributed by atoms with Crippen molar-refractivity contribution in [3.05, 3.63) is 94.2 Å². The third-order valence-electron chi connectivity index (χ3n) is 4.71. The van der Waals surface area contributed by atoms with Gasteiger partial charge in [0, 0.05) is 24.0 Å². The average Bonchev–Trinajstić information content (AvgIpc) is 3.67. The Labute approximate surface area is 238 Å². The Hall–Kier alpha value is -2.17. The molecule has 0 saturated carbocycles. The summed E-state index contributed by atoms with van der Waals surface area (Å²) in [5.74, 6) is 4.20. The molecule has 3 aromatic heterocycles. The number of aromatic nitrogens is 2. The standard InChI is InChI=1S/C15H16Cl3N3O2.C10H10O2S2/c1-2-4-20(15(22)21-5-3-19-10-21)6-7-23-14-12(17)8-11(16)9-13(14)18;1-3-9(11-5-1)7-13-14-8-10-4-2-6-12-10/h3,5,8-10H,2,4,6-7H2,1H3;1-6H,7-8H2. The quantitative estimate of drug-likeness (QED) is 0.126. The Morgan fingerprint density at radius 3 is 2.14 bits per heavy atom. The van der Waals surface area contributed by atoms with Crippen LogP contribution < -0.4 is 4.74 Å². The molecule has 0 bridgehead atoms. The summed E-state index contributed by atoms with van der Waals surface area (Å²) in [4.78, 5) is 17.9. The van der Waals surface area contributed by atoms with Crippen molar-refractivity contribution in [2.75, 3.05) is 19.7 Å². The van der Waals surface area contributed by atoms with Crippen molar-refractivity contribution >= 4 is 62.4 Å². The highest BCUT2D eigenvalue weighted by atomic mass is 35.5. The lowest BCUT2D eigenvalue weighted by atomic mass is 10.3. The number of hydrogen-bond acceptors (Lipinski definition) is 7. The Morgan fingerprint density at radius 1 is 1.03 bits per heavy atom. The van der Waals surface area contributed by atoms with Crippen molar-refractivity contribution < 1.29 is 18.4 Å². The van der Waals surface area contributed by atoms with Crippen LogP contribution in [-0.2, 0) is 11.5 Å². The molecule has 1 amide bonds. The first kappa shape index (κ1) is 29.4. The topological polar surface area (TPSA) is 73.6 Å². The van der Waals surface area contributed by atoms with Crippen molar-refractivity contribution in [3.8, 4) is 5.75 Å². The molecule has 0 aliphatic carbocycles. The number of benzene rings is 1. The van der Waals surface area contributed by atoms with Gasteiger partial charge in [0.2, 0.25) is 0 Å². The number of nitrogens with zero attached hydrogens (tertiary/aromatic N) is 3. The van der Waals surface area contributed by atoms with Gasteiger partial charge in [0.15, 0.2) is 5.75 Å². The van der Waals surface area contributed by atoms with Crippen molar-refractivity contribution in [3.63, 3.8) is 0 Å². The molecule has 0 atom stereocenters. The number of rotatable bonds is 11. The molecular formula is C25H26Cl3N3O4S2. The highest BCUT2D eigenvalue weighted by molar-refractivity contribution is 8.76. The first-order chi connectivity index (χ1) is 18.0. The van der Waals surface area contributed by atoms with E-state index in [0.29, 0.717) is 33.9 Å². The third-order valence-corrected chi connectivity index (χ3v) is 7.66. The number of imidazole rings is 1. The van der Waals surface area contributed by atoms with Crippen molar-refractivity contribution in [1.29, 1.82) is 0 Å². The molecule has 0 unspecified atom stereocenters. The van der Waals surface area contributed by atoms with E-state index in [1.165, 1.54) is 10.9 Å². The third kappa shape index (κ3) is 9.90. The van der Waals surface area contributed by atoms with Crippen LogP contribution in [0.4, 0.5) is 4.79 Å². The molecule has 0 radical (unpaired) electrons. The lowest BCUT2D eigenvalue weighted by Gasteiger charge is -2.22. The summed E-state index contributed by atoms with van der Waals surface area (Å²) in [6, 6.07) is 10.8. The van der Waals surface area contributed by atoms with Gasteiger partial charge in [0.25, 0.3) is 0 Å². The van der Waals surface area contributed by atoms with Gasteiger partial charge in [-0.3, -0.25) is 4.57 Å². The van der Waals surface area contributed by atoms with Crippen LogP contribution in [-0.4, -0.2) is 40.2 Å². The zero-order chi connectivity index (χ0) is 26.5. The average molecular weight is 603 g/mol. The predicted octanol–water partition coefficient (Wildman–Crippen LogP) is 8.56. The molecule has 4 aromatic rings. The SMILES string of the molecule is CCCN(CCOc1c(Cl)cc(Cl)cc1Cl)C(=O)n1ccnc1.c1coc(CSSCc2ccco2)c1. The van der Waals surface area contributed by atoms with Crippen LogP contribution >= 0.6 is 56.4 Å². The Bertz CT molecular complexity index is 1130. The summed E-state index contributed by atoms with van der Waals surface area (Å²) < 4.78 is 17.5. The summed E-state index contributed by atoms with van der Waals surface area (Å²) in [5.41, 5.74) is 0. The fraction of sp³-hybridized carbons (Fsp3) is 0.280. The minimum Gasteiger partial charge on any atom is -0.489 e. The predicted molar refractivity (Wildman–Crippen MR) is 152 cm³/mol. The highest BCUT2D eigenvalue weighted by Gasteiger charge is 2.15. The van der Waals surface area contributed by atoms with E-state index in [2.05, 4.69) is 4.98 Å². The van der Waals surface area contributed by atoms with Gasteiger partial charge in [-0.05, 0) is 42.8 Å². The van der Waals surface area contributed by atoms with Crippen molar-refractivity contribution in [1.82, 2.24) is 14.5 Å². The number of ether oxygens (including phenoxy) is 1. The minimum absolute atomic E-state index is 0.152. The van der Waals surface area contributed by atoms with Crippen LogP contribution in [0, 0.1) is 0 Å². The summed E-state index contributed by atoms with van der Waals surface area (Å²) in [7, 11) is 3.54. The van der Waals surface area contributed by atoms with Crippen LogP contribution in [0.5, 0.6) is 5.75 Å². The fourth-order valence-corrected chi connectivity index (χ4v) is 5.87. The lowest BCUT2D eigenvalue weighted by molar-refractivity contribution is 0.184. The zero-order valence-corrected chi connectivity index (χ0v) is 23.9. The van der Waals surface area contributed by atoms with Gasteiger partial charge in [-0.25, -0.2) is 9.78 Å². The molecule has 12 heteroatoms. The number of amides is 1. The zero-order valence-electron chi connectivity index (χ0n) is 20.0. The normalized spacial score (nSPS) is 10.6. The largest absolute Gasteiger partial charge is 0.489 e. The van der Waals surface area contributed by atoms with Gasteiger partial charge < -0.3 is 18.5 Å². The van der Waals surface area contributed by atoms with Crippen LogP contribution in [0.25, 0.3) is 0 Å². The van der Waals surface area contributed by atoms with E-state index in [0.717, 1.165) is 29.4 Å². The maximum absolute atomic E-state index is 12.3. The molecule has 4 rings (SSSR count). The van der Waals surface area contributed by atoms with Crippen LogP contribution in [0.1, 0.15) is 24.9 Å². The van der Waals surface area contributed by atoms with Gasteiger partial charge >= 0.3 is 6.03 Å². The van der Waals surface area contributed by atoms with Crippen LogP contribution in [0.3, 0.4) is 0 Å². The Balaban J connectivity index is 0.000000231. The molecule has 3 heterocycles. The van der Waals surface area contributed by atoms with Gasteiger partial charge in [-0.1, -0.05) is 63.3 Å². The summed E-state index contributed by atoms with van der Waals surface area (Å²) >= 11 is 18.0. The first-order valence-electron chi connectivity index (χ1n) is 11.3. The van der Waals surface area contributed by atoms with E-state index >= 15 is 0 Å². The number of furan rings is 2. The molecule has 0 fully saturated rings. The van der Waals surface area contributed by atoms with Gasteiger partial charge in [-0.2, -0.15) is 0 Å². The molecule has 0 N–H and O–H groups in total. The van der Waals surface area contributed by atoms with E-state index in [9.17, 15) is 4.79 Å². The molecule has 198 valence electrons. The van der Waals surface area contributed by atoms with Crippen LogP contribution in [0.15, 0.2) is 76.5 Å². The fourth-order valence-electron chi connectivity index (χ4n) is 3.02. The Kier molecular flexibility index (Phi) is 12.7. The second-order valence-electron chi connectivity index (χ2n) is 7.47. The first-order valence-corrected chi connectivity index (χ1v) is 14.9. The van der Waals surface area contributed by atoms with E-state index in [4.69, 9.17) is 48.4 Å². The summed E-state index contributed by atoms with van der Waals surface area (Å²) in [5, 5.41) is 1.12. The molecule has 1 aromatic carbocycles. The van der Waals surface area contributed by atoms with Gasteiger partial charge in [0.05, 0.1) is 40.6 Å². The van der Waals surface area contributed by atoms with Crippen LogP contribution in [0.2, 0.25) is 15.1 Å². The van der Waals surface area contributed by atoms with Crippen molar-refractivity contribution in [2.24, 2.45) is 0 Å². The minimum atomic E-state index is -0.152. The molecule has 37 heavy (non-hydrogen) atoms. The molecular weight excluding hydrogens is 577 g/mol. The smallest absolute Gasteiger partial charge is 0.329 e.